The van der Waals surface area contributed by atoms with Gasteiger partial charge in [0.1, 0.15) is 5.75 Å². The maximum Gasteiger partial charge on any atom is 0.198 e. The van der Waals surface area contributed by atoms with Crippen LogP contribution < -0.4 is 4.74 Å². The van der Waals surface area contributed by atoms with E-state index in [1.54, 1.807) is 0 Å². The lowest BCUT2D eigenvalue weighted by molar-refractivity contribution is -0.145. The van der Waals surface area contributed by atoms with E-state index in [0.717, 1.165) is 47.2 Å². The van der Waals surface area contributed by atoms with Crippen molar-refractivity contribution in [3.05, 3.63) is 64.7 Å². The van der Waals surface area contributed by atoms with Crippen LogP contribution in [0.1, 0.15) is 56.2 Å². The van der Waals surface area contributed by atoms with Crippen molar-refractivity contribution in [2.24, 2.45) is 11.0 Å². The molecule has 0 N–H and O–H groups in total. The van der Waals surface area contributed by atoms with E-state index in [-0.39, 0.29) is 11.8 Å². The fraction of sp³-hybridized carbons (Fsp3) is 0.409. The zero-order chi connectivity index (χ0) is 17.7. The van der Waals surface area contributed by atoms with Crippen LogP contribution in [0.4, 0.5) is 0 Å². The number of ether oxygens (including phenoxy) is 1. The Hall–Kier alpha value is -2.00. The van der Waals surface area contributed by atoms with Crippen molar-refractivity contribution >= 4 is 17.3 Å². The third-order valence-electron chi connectivity index (χ3n) is 6.12. The van der Waals surface area contributed by atoms with E-state index in [2.05, 4.69) is 48.3 Å². The predicted octanol–water partition coefficient (Wildman–Crippen LogP) is 5.79. The Morgan fingerprint density at radius 3 is 2.65 bits per heavy atom. The molecule has 5 rings (SSSR count). The molecular formula is C22H23ClN2O. The Kier molecular flexibility index (Phi) is 3.75. The normalized spacial score (nSPS) is 29.8. The molecule has 0 aromatic heterocycles. The minimum Gasteiger partial charge on any atom is -0.466 e. The van der Waals surface area contributed by atoms with Crippen LogP contribution in [0.2, 0.25) is 5.02 Å². The van der Waals surface area contributed by atoms with Gasteiger partial charge in [0, 0.05) is 29.8 Å². The molecule has 134 valence electrons. The van der Waals surface area contributed by atoms with Crippen LogP contribution in [0.25, 0.3) is 0 Å². The third kappa shape index (κ3) is 2.52. The quantitative estimate of drug-likeness (QED) is 0.638. The summed E-state index contributed by atoms with van der Waals surface area (Å²) in [4.78, 5) is 0. The molecule has 1 unspecified atom stereocenters. The molecule has 1 saturated carbocycles. The molecule has 1 aliphatic carbocycles. The molecule has 2 aromatic carbocycles. The van der Waals surface area contributed by atoms with Crippen molar-refractivity contribution in [3.63, 3.8) is 0 Å². The summed E-state index contributed by atoms with van der Waals surface area (Å²) >= 11 is 6.31. The first kappa shape index (κ1) is 16.2. The van der Waals surface area contributed by atoms with Gasteiger partial charge in [-0.15, -0.1) is 0 Å². The average molecular weight is 367 g/mol. The predicted molar refractivity (Wildman–Crippen MR) is 105 cm³/mol. The summed E-state index contributed by atoms with van der Waals surface area (Å²) in [6.45, 7) is 2.34. The van der Waals surface area contributed by atoms with Gasteiger partial charge in [-0.05, 0) is 42.5 Å². The molecule has 2 aromatic rings. The highest BCUT2D eigenvalue weighted by Gasteiger charge is 2.51. The van der Waals surface area contributed by atoms with Crippen LogP contribution in [-0.2, 0) is 0 Å². The highest BCUT2D eigenvalue weighted by molar-refractivity contribution is 6.30. The summed E-state index contributed by atoms with van der Waals surface area (Å²) in [5, 5.41) is 8.11. The van der Waals surface area contributed by atoms with Crippen molar-refractivity contribution in [2.45, 2.75) is 50.8 Å². The Labute approximate surface area is 159 Å². The molecule has 1 fully saturated rings. The molecule has 1 atom stereocenters. The molecule has 3 aliphatic rings. The van der Waals surface area contributed by atoms with Gasteiger partial charge in [0.05, 0.1) is 11.8 Å². The highest BCUT2D eigenvalue weighted by Crippen LogP contribution is 2.52. The number of hydrazone groups is 1. The van der Waals surface area contributed by atoms with Gasteiger partial charge in [0.2, 0.25) is 0 Å². The minimum absolute atomic E-state index is 0.209. The molecule has 0 radical (unpaired) electrons. The molecule has 3 nitrogen and oxygen atoms in total. The number of hydrogen-bond donors (Lipinski definition) is 0. The molecule has 26 heavy (non-hydrogen) atoms. The van der Waals surface area contributed by atoms with Gasteiger partial charge in [-0.1, -0.05) is 48.9 Å². The fourth-order valence-corrected chi connectivity index (χ4v) is 4.78. The standard InChI is InChI=1S/C22H23ClN2O/c1-15-9-11-22(12-10-15)25-20(18-13-17(23)7-8-21(18)26-22)14-19(24-25)16-5-3-2-4-6-16/h2-8,13,15,20H,9-12,14H2,1H3. The second-order valence-electron chi connectivity index (χ2n) is 7.89. The van der Waals surface area contributed by atoms with Crippen molar-refractivity contribution in [2.75, 3.05) is 0 Å². The van der Waals surface area contributed by atoms with Crippen LogP contribution in [0, 0.1) is 5.92 Å². The Morgan fingerprint density at radius 1 is 1.12 bits per heavy atom. The second kappa shape index (κ2) is 6.02. The van der Waals surface area contributed by atoms with E-state index in [9.17, 15) is 0 Å². The van der Waals surface area contributed by atoms with Gasteiger partial charge in [-0.2, -0.15) is 5.10 Å². The monoisotopic (exact) mass is 366 g/mol. The maximum atomic E-state index is 6.62. The van der Waals surface area contributed by atoms with E-state index < -0.39 is 0 Å². The highest BCUT2D eigenvalue weighted by atomic mass is 35.5. The van der Waals surface area contributed by atoms with Crippen LogP contribution in [0.5, 0.6) is 5.75 Å². The SMILES string of the molecule is CC1CCC2(CC1)Oc1ccc(Cl)cc1C1CC(c3ccccc3)=NN12. The largest absolute Gasteiger partial charge is 0.466 e. The van der Waals surface area contributed by atoms with E-state index in [0.29, 0.717) is 0 Å². The van der Waals surface area contributed by atoms with Crippen molar-refractivity contribution in [3.8, 4) is 5.75 Å². The molecule has 0 amide bonds. The summed E-state index contributed by atoms with van der Waals surface area (Å²) in [7, 11) is 0. The van der Waals surface area contributed by atoms with Crippen molar-refractivity contribution in [1.82, 2.24) is 5.01 Å². The first-order valence-electron chi connectivity index (χ1n) is 9.55. The fourth-order valence-electron chi connectivity index (χ4n) is 4.60. The van der Waals surface area contributed by atoms with E-state index >= 15 is 0 Å². The summed E-state index contributed by atoms with van der Waals surface area (Å²) < 4.78 is 6.62. The molecule has 1 spiro atoms. The number of benzene rings is 2. The summed E-state index contributed by atoms with van der Waals surface area (Å²) in [5.41, 5.74) is 3.19. The van der Waals surface area contributed by atoms with Gasteiger partial charge in [0.15, 0.2) is 5.72 Å². The van der Waals surface area contributed by atoms with Gasteiger partial charge in [0.25, 0.3) is 0 Å². The number of rotatable bonds is 1. The zero-order valence-electron chi connectivity index (χ0n) is 15.0. The van der Waals surface area contributed by atoms with E-state index in [1.165, 1.54) is 18.4 Å². The van der Waals surface area contributed by atoms with Gasteiger partial charge >= 0.3 is 0 Å². The van der Waals surface area contributed by atoms with Crippen molar-refractivity contribution < 1.29 is 4.74 Å². The van der Waals surface area contributed by atoms with Crippen molar-refractivity contribution in [1.29, 1.82) is 0 Å². The zero-order valence-corrected chi connectivity index (χ0v) is 15.7. The Bertz CT molecular complexity index is 856. The van der Waals surface area contributed by atoms with Gasteiger partial charge < -0.3 is 4.74 Å². The first-order chi connectivity index (χ1) is 12.6. The number of hydrogen-bond acceptors (Lipinski definition) is 3. The van der Waals surface area contributed by atoms with E-state index in [1.807, 2.05) is 12.1 Å². The Morgan fingerprint density at radius 2 is 1.88 bits per heavy atom. The van der Waals surface area contributed by atoms with Crippen LogP contribution in [0.3, 0.4) is 0 Å². The third-order valence-corrected chi connectivity index (χ3v) is 6.36. The molecule has 4 heteroatoms. The van der Waals surface area contributed by atoms with Crippen LogP contribution in [0.15, 0.2) is 53.6 Å². The summed E-state index contributed by atoms with van der Waals surface area (Å²) in [6.07, 6.45) is 5.32. The summed E-state index contributed by atoms with van der Waals surface area (Å²) in [5.74, 6) is 1.74. The topological polar surface area (TPSA) is 24.8 Å². The molecule has 2 aliphatic heterocycles. The Balaban J connectivity index is 1.60. The number of fused-ring (bicyclic) bond motifs is 4. The molecule has 0 bridgehead atoms. The first-order valence-corrected chi connectivity index (χ1v) is 9.93. The second-order valence-corrected chi connectivity index (χ2v) is 8.33. The smallest absolute Gasteiger partial charge is 0.198 e. The molecule has 0 saturated heterocycles. The van der Waals surface area contributed by atoms with Crippen LogP contribution >= 0.6 is 11.6 Å². The average Bonchev–Trinajstić information content (AvgIpc) is 3.12. The minimum atomic E-state index is -0.311. The lowest BCUT2D eigenvalue weighted by atomic mass is 9.82. The molecular weight excluding hydrogens is 344 g/mol. The van der Waals surface area contributed by atoms with E-state index in [4.69, 9.17) is 21.4 Å². The van der Waals surface area contributed by atoms with Gasteiger partial charge in [-0.25, -0.2) is 5.01 Å². The molecule has 2 heterocycles. The van der Waals surface area contributed by atoms with Gasteiger partial charge in [-0.3, -0.25) is 0 Å². The lowest BCUT2D eigenvalue weighted by Crippen LogP contribution is -2.55. The van der Waals surface area contributed by atoms with Crippen LogP contribution in [-0.4, -0.2) is 16.4 Å². The maximum absolute atomic E-state index is 6.62. The lowest BCUT2D eigenvalue weighted by Gasteiger charge is -2.50. The summed E-state index contributed by atoms with van der Waals surface area (Å²) in [6, 6.07) is 16.7. The number of nitrogens with zero attached hydrogens (tertiary/aromatic N) is 2. The number of halogens is 1.